The van der Waals surface area contributed by atoms with Crippen molar-refractivity contribution in [3.63, 3.8) is 0 Å². The van der Waals surface area contributed by atoms with E-state index in [0.29, 0.717) is 5.75 Å². The van der Waals surface area contributed by atoms with Crippen molar-refractivity contribution in [3.05, 3.63) is 29.8 Å². The summed E-state index contributed by atoms with van der Waals surface area (Å²) in [6.45, 7) is 0. The van der Waals surface area contributed by atoms with Gasteiger partial charge in [0.25, 0.3) is 0 Å². The molecule has 0 aromatic heterocycles. The molecule has 1 aromatic carbocycles. The number of carbonyl (C=O) groups is 1. The lowest BCUT2D eigenvalue weighted by molar-refractivity contribution is -0.143. The summed E-state index contributed by atoms with van der Waals surface area (Å²) in [4.78, 5) is 11.4. The summed E-state index contributed by atoms with van der Waals surface area (Å²) in [5.74, 6) is -0.226. The molecule has 1 aliphatic heterocycles. The summed E-state index contributed by atoms with van der Waals surface area (Å²) in [5.41, 5.74) is 0.124. The molecule has 4 heteroatoms. The van der Waals surface area contributed by atoms with Crippen molar-refractivity contribution in [1.82, 2.24) is 0 Å². The van der Waals surface area contributed by atoms with Crippen LogP contribution in [0, 0.1) is 0 Å². The summed E-state index contributed by atoms with van der Waals surface area (Å²) in [7, 11) is 1.34. The van der Waals surface area contributed by atoms with Gasteiger partial charge in [-0.15, -0.1) is 0 Å². The maximum Gasteiger partial charge on any atom is 0.318 e. The van der Waals surface area contributed by atoms with Crippen LogP contribution in [0.1, 0.15) is 11.5 Å². The molecule has 2 rings (SSSR count). The number of carbonyl (C=O) groups excluding carboxylic acids is 1. The van der Waals surface area contributed by atoms with E-state index in [2.05, 4.69) is 4.74 Å². The quantitative estimate of drug-likeness (QED) is 0.527. The van der Waals surface area contributed by atoms with Gasteiger partial charge in [-0.1, -0.05) is 29.8 Å². The normalized spacial score (nSPS) is 23.9. The predicted molar refractivity (Wildman–Crippen MR) is 51.5 cm³/mol. The highest BCUT2D eigenvalue weighted by atomic mass is 35.5. The lowest BCUT2D eigenvalue weighted by Gasteiger charge is -2.09. The summed E-state index contributed by atoms with van der Waals surface area (Å²) >= 11 is 5.89. The van der Waals surface area contributed by atoms with Gasteiger partial charge in [0.15, 0.2) is 5.56 Å². The van der Waals surface area contributed by atoms with E-state index in [-0.39, 0.29) is 5.97 Å². The molecule has 0 spiro atoms. The first-order valence-electron chi connectivity index (χ1n) is 4.21. The molecule has 2 atom stereocenters. The van der Waals surface area contributed by atoms with Gasteiger partial charge >= 0.3 is 5.97 Å². The topological polar surface area (TPSA) is 35.5 Å². The van der Waals surface area contributed by atoms with E-state index < -0.39 is 11.5 Å². The van der Waals surface area contributed by atoms with Crippen molar-refractivity contribution >= 4 is 17.6 Å². The van der Waals surface area contributed by atoms with E-state index in [1.165, 1.54) is 7.11 Å². The molecule has 3 nitrogen and oxygen atoms in total. The number of halogens is 1. The third kappa shape index (κ3) is 1.34. The standard InChI is InChI=1S/C10H9ClO3/c1-13-10(12)8-6-4-2-3-5-7(6)14-9(8)11/h2-5,8-9H,1H3. The number of para-hydroxylation sites is 1. The van der Waals surface area contributed by atoms with Gasteiger partial charge < -0.3 is 9.47 Å². The summed E-state index contributed by atoms with van der Waals surface area (Å²) in [6, 6.07) is 7.28. The Balaban J connectivity index is 2.39. The predicted octanol–water partition coefficient (Wildman–Crippen LogP) is 1.90. The molecule has 0 N–H and O–H groups in total. The lowest BCUT2D eigenvalue weighted by atomic mass is 10.0. The molecule has 0 fully saturated rings. The molecule has 0 aliphatic carbocycles. The molecular weight excluding hydrogens is 204 g/mol. The van der Waals surface area contributed by atoms with Crippen LogP contribution in [-0.2, 0) is 9.53 Å². The summed E-state index contributed by atoms with van der Waals surface area (Å²) in [6.07, 6.45) is 0. The van der Waals surface area contributed by atoms with Crippen molar-refractivity contribution in [2.24, 2.45) is 0 Å². The van der Waals surface area contributed by atoms with Crippen molar-refractivity contribution in [1.29, 1.82) is 0 Å². The van der Waals surface area contributed by atoms with Crippen molar-refractivity contribution in [3.8, 4) is 5.75 Å². The maximum atomic E-state index is 11.4. The fourth-order valence-electron chi connectivity index (χ4n) is 1.54. The molecule has 0 amide bonds. The Morgan fingerprint density at radius 2 is 2.21 bits per heavy atom. The number of hydrogen-bond acceptors (Lipinski definition) is 3. The van der Waals surface area contributed by atoms with Crippen LogP contribution < -0.4 is 4.74 Å². The zero-order valence-electron chi connectivity index (χ0n) is 7.57. The van der Waals surface area contributed by atoms with Crippen LogP contribution in [0.2, 0.25) is 0 Å². The molecule has 14 heavy (non-hydrogen) atoms. The summed E-state index contributed by atoms with van der Waals surface area (Å²) < 4.78 is 9.96. The average Bonchev–Trinajstić information content (AvgIpc) is 2.53. The Kier molecular flexibility index (Phi) is 2.33. The van der Waals surface area contributed by atoms with Crippen LogP contribution in [0.15, 0.2) is 24.3 Å². The monoisotopic (exact) mass is 212 g/mol. The third-order valence-corrected chi connectivity index (χ3v) is 2.55. The van der Waals surface area contributed by atoms with E-state index in [9.17, 15) is 4.79 Å². The molecule has 1 aliphatic rings. The van der Waals surface area contributed by atoms with Crippen molar-refractivity contribution < 1.29 is 14.3 Å². The van der Waals surface area contributed by atoms with Gasteiger partial charge in [0.2, 0.25) is 0 Å². The van der Waals surface area contributed by atoms with E-state index in [4.69, 9.17) is 16.3 Å². The van der Waals surface area contributed by atoms with Crippen LogP contribution in [0.25, 0.3) is 0 Å². The molecule has 1 aromatic rings. The van der Waals surface area contributed by atoms with Crippen molar-refractivity contribution in [2.75, 3.05) is 7.11 Å². The van der Waals surface area contributed by atoms with E-state index in [0.717, 1.165) is 5.56 Å². The van der Waals surface area contributed by atoms with Crippen LogP contribution in [0.3, 0.4) is 0 Å². The second-order valence-corrected chi connectivity index (χ2v) is 3.44. The largest absolute Gasteiger partial charge is 0.473 e. The van der Waals surface area contributed by atoms with Gasteiger partial charge in [-0.2, -0.15) is 0 Å². The van der Waals surface area contributed by atoms with Gasteiger partial charge in [0.1, 0.15) is 11.7 Å². The first kappa shape index (κ1) is 9.34. The SMILES string of the molecule is COC(=O)C1c2ccccc2OC1Cl. The second-order valence-electron chi connectivity index (χ2n) is 3.01. The Morgan fingerprint density at radius 3 is 2.93 bits per heavy atom. The number of hydrogen-bond donors (Lipinski definition) is 0. The van der Waals surface area contributed by atoms with Gasteiger partial charge in [-0.25, -0.2) is 0 Å². The Labute approximate surface area is 86.6 Å². The number of esters is 1. The van der Waals surface area contributed by atoms with Gasteiger partial charge in [0.05, 0.1) is 7.11 Å². The molecule has 0 saturated carbocycles. The highest BCUT2D eigenvalue weighted by Gasteiger charge is 2.38. The molecule has 0 bridgehead atoms. The third-order valence-electron chi connectivity index (χ3n) is 2.21. The zero-order valence-corrected chi connectivity index (χ0v) is 8.32. The zero-order chi connectivity index (χ0) is 10.1. The van der Waals surface area contributed by atoms with Crippen LogP contribution in [0.4, 0.5) is 0 Å². The second kappa shape index (κ2) is 3.50. The number of benzene rings is 1. The highest BCUT2D eigenvalue weighted by molar-refractivity contribution is 6.22. The molecular formula is C10H9ClO3. The fraction of sp³-hybridized carbons (Fsp3) is 0.300. The molecule has 1 heterocycles. The number of ether oxygens (including phenoxy) is 2. The number of rotatable bonds is 1. The van der Waals surface area contributed by atoms with Crippen molar-refractivity contribution in [2.45, 2.75) is 11.5 Å². The average molecular weight is 213 g/mol. The lowest BCUT2D eigenvalue weighted by Crippen LogP contribution is -2.21. The minimum absolute atomic E-state index is 0.366. The van der Waals surface area contributed by atoms with Gasteiger partial charge in [-0.3, -0.25) is 4.79 Å². The fourth-order valence-corrected chi connectivity index (χ4v) is 1.87. The van der Waals surface area contributed by atoms with E-state index >= 15 is 0 Å². The van der Waals surface area contributed by atoms with E-state index in [1.807, 2.05) is 18.2 Å². The maximum absolute atomic E-state index is 11.4. The first-order valence-corrected chi connectivity index (χ1v) is 4.65. The Morgan fingerprint density at radius 1 is 1.50 bits per heavy atom. The number of fused-ring (bicyclic) bond motifs is 1. The molecule has 2 unspecified atom stereocenters. The number of alkyl halides is 1. The molecule has 0 radical (unpaired) electrons. The molecule has 0 saturated heterocycles. The Hall–Kier alpha value is -1.22. The molecule has 74 valence electrons. The smallest absolute Gasteiger partial charge is 0.318 e. The summed E-state index contributed by atoms with van der Waals surface area (Å²) in [5, 5.41) is 0. The first-order chi connectivity index (χ1) is 6.74. The van der Waals surface area contributed by atoms with E-state index in [1.54, 1.807) is 6.07 Å². The minimum Gasteiger partial charge on any atom is -0.473 e. The highest BCUT2D eigenvalue weighted by Crippen LogP contribution is 2.40. The van der Waals surface area contributed by atoms with Crippen LogP contribution in [-0.4, -0.2) is 18.6 Å². The Bertz CT molecular complexity index is 364. The number of methoxy groups -OCH3 is 1. The minimum atomic E-state index is -0.667. The van der Waals surface area contributed by atoms with Crippen LogP contribution >= 0.6 is 11.6 Å². The van der Waals surface area contributed by atoms with Crippen LogP contribution in [0.5, 0.6) is 5.75 Å². The van der Waals surface area contributed by atoms with Gasteiger partial charge in [0, 0.05) is 5.56 Å². The van der Waals surface area contributed by atoms with Gasteiger partial charge in [-0.05, 0) is 6.07 Å².